The van der Waals surface area contributed by atoms with E-state index in [0.717, 1.165) is 22.0 Å². The molecule has 0 bridgehead atoms. The third-order valence-electron chi connectivity index (χ3n) is 4.47. The van der Waals surface area contributed by atoms with Crippen molar-refractivity contribution < 1.29 is 22.3 Å². The monoisotopic (exact) mass is 428 g/mol. The standard InChI is InChI=1S/C22H21FN2O4S/c1-16-5-3-4-6-21(16)24-22(26)15-25(18-9-7-17(23)8-10-18)30(27,28)20-13-11-19(29-2)12-14-20/h3-14H,15H2,1-2H3,(H,24,26). The van der Waals surface area contributed by atoms with Crippen LogP contribution in [0.1, 0.15) is 5.56 Å². The molecule has 0 aromatic heterocycles. The van der Waals surface area contributed by atoms with Crippen molar-refractivity contribution in [2.24, 2.45) is 0 Å². The van der Waals surface area contributed by atoms with Crippen LogP contribution >= 0.6 is 0 Å². The molecule has 0 fully saturated rings. The highest BCUT2D eigenvalue weighted by Crippen LogP contribution is 2.25. The smallest absolute Gasteiger partial charge is 0.264 e. The van der Waals surface area contributed by atoms with Gasteiger partial charge in [0, 0.05) is 5.69 Å². The van der Waals surface area contributed by atoms with Crippen molar-refractivity contribution in [2.45, 2.75) is 11.8 Å². The maximum Gasteiger partial charge on any atom is 0.264 e. The molecule has 156 valence electrons. The Morgan fingerprint density at radius 1 is 1.00 bits per heavy atom. The summed E-state index contributed by atoms with van der Waals surface area (Å²) in [4.78, 5) is 12.7. The molecule has 0 aliphatic rings. The van der Waals surface area contributed by atoms with Crippen molar-refractivity contribution in [3.05, 3.63) is 84.2 Å². The fourth-order valence-corrected chi connectivity index (χ4v) is 4.25. The molecule has 3 aromatic rings. The van der Waals surface area contributed by atoms with Crippen molar-refractivity contribution in [3.63, 3.8) is 0 Å². The maximum atomic E-state index is 13.4. The van der Waals surface area contributed by atoms with Crippen LogP contribution in [0.15, 0.2) is 77.7 Å². The molecular formula is C22H21FN2O4S. The van der Waals surface area contributed by atoms with E-state index in [2.05, 4.69) is 5.32 Å². The minimum Gasteiger partial charge on any atom is -0.497 e. The number of anilines is 2. The zero-order valence-corrected chi connectivity index (χ0v) is 17.3. The molecule has 0 spiro atoms. The van der Waals surface area contributed by atoms with Crippen LogP contribution < -0.4 is 14.4 Å². The fourth-order valence-electron chi connectivity index (χ4n) is 2.83. The van der Waals surface area contributed by atoms with Crippen LogP contribution in [-0.4, -0.2) is 28.0 Å². The van der Waals surface area contributed by atoms with Gasteiger partial charge in [-0.25, -0.2) is 12.8 Å². The van der Waals surface area contributed by atoms with Crippen LogP contribution in [0.5, 0.6) is 5.75 Å². The lowest BCUT2D eigenvalue weighted by Gasteiger charge is -2.24. The van der Waals surface area contributed by atoms with E-state index < -0.39 is 28.3 Å². The van der Waals surface area contributed by atoms with Gasteiger partial charge in [-0.2, -0.15) is 0 Å². The Bertz CT molecular complexity index is 1130. The zero-order valence-electron chi connectivity index (χ0n) is 16.5. The van der Waals surface area contributed by atoms with Gasteiger partial charge in [-0.3, -0.25) is 9.10 Å². The minimum atomic E-state index is -4.09. The Kier molecular flexibility index (Phi) is 6.37. The van der Waals surface area contributed by atoms with E-state index in [-0.39, 0.29) is 10.6 Å². The van der Waals surface area contributed by atoms with Gasteiger partial charge in [0.1, 0.15) is 18.1 Å². The summed E-state index contributed by atoms with van der Waals surface area (Å²) in [6.45, 7) is 1.36. The van der Waals surface area contributed by atoms with Crippen LogP contribution in [0, 0.1) is 12.7 Å². The van der Waals surface area contributed by atoms with E-state index in [1.807, 2.05) is 19.1 Å². The first-order valence-corrected chi connectivity index (χ1v) is 10.5. The maximum absolute atomic E-state index is 13.4. The van der Waals surface area contributed by atoms with Gasteiger partial charge in [-0.1, -0.05) is 18.2 Å². The van der Waals surface area contributed by atoms with Crippen LogP contribution in [0.4, 0.5) is 15.8 Å². The van der Waals surface area contributed by atoms with E-state index in [0.29, 0.717) is 11.4 Å². The first kappa shape index (κ1) is 21.3. The molecule has 1 N–H and O–H groups in total. The van der Waals surface area contributed by atoms with Gasteiger partial charge in [-0.15, -0.1) is 0 Å². The fraction of sp³-hybridized carbons (Fsp3) is 0.136. The Morgan fingerprint density at radius 2 is 1.63 bits per heavy atom. The number of nitrogens with one attached hydrogen (secondary N) is 1. The second-order valence-corrected chi connectivity index (χ2v) is 8.39. The summed E-state index contributed by atoms with van der Waals surface area (Å²) in [6, 6.07) is 17.9. The molecule has 0 atom stereocenters. The van der Waals surface area contributed by atoms with Crippen LogP contribution in [-0.2, 0) is 14.8 Å². The number of nitrogens with zero attached hydrogens (tertiary/aromatic N) is 1. The van der Waals surface area contributed by atoms with E-state index in [4.69, 9.17) is 4.74 Å². The lowest BCUT2D eigenvalue weighted by Crippen LogP contribution is -2.38. The van der Waals surface area contributed by atoms with Gasteiger partial charge in [0.15, 0.2) is 0 Å². The lowest BCUT2D eigenvalue weighted by atomic mass is 10.2. The first-order valence-electron chi connectivity index (χ1n) is 9.09. The molecule has 0 aliphatic heterocycles. The van der Waals surface area contributed by atoms with E-state index >= 15 is 0 Å². The summed E-state index contributed by atoms with van der Waals surface area (Å²) in [6.07, 6.45) is 0. The number of sulfonamides is 1. The normalized spacial score (nSPS) is 11.0. The van der Waals surface area contributed by atoms with Gasteiger partial charge in [0.05, 0.1) is 17.7 Å². The molecule has 30 heavy (non-hydrogen) atoms. The number of aryl methyl sites for hydroxylation is 1. The number of para-hydroxylation sites is 1. The highest BCUT2D eigenvalue weighted by Gasteiger charge is 2.27. The van der Waals surface area contributed by atoms with Crippen molar-refractivity contribution >= 4 is 27.3 Å². The largest absolute Gasteiger partial charge is 0.497 e. The summed E-state index contributed by atoms with van der Waals surface area (Å²) in [7, 11) is -2.62. The molecular weight excluding hydrogens is 407 g/mol. The number of amides is 1. The summed E-state index contributed by atoms with van der Waals surface area (Å²) < 4.78 is 46.0. The predicted octanol–water partition coefficient (Wildman–Crippen LogP) is 3.98. The van der Waals surface area contributed by atoms with Gasteiger partial charge >= 0.3 is 0 Å². The van der Waals surface area contributed by atoms with E-state index in [9.17, 15) is 17.6 Å². The van der Waals surface area contributed by atoms with Gasteiger partial charge in [0.25, 0.3) is 10.0 Å². The third-order valence-corrected chi connectivity index (χ3v) is 6.26. The van der Waals surface area contributed by atoms with Crippen molar-refractivity contribution in [1.29, 1.82) is 0 Å². The zero-order chi connectivity index (χ0) is 21.7. The van der Waals surface area contributed by atoms with Gasteiger partial charge in [-0.05, 0) is 67.1 Å². The Morgan fingerprint density at radius 3 is 2.23 bits per heavy atom. The molecule has 0 heterocycles. The molecule has 3 rings (SSSR count). The average molecular weight is 428 g/mol. The topological polar surface area (TPSA) is 75.7 Å². The summed E-state index contributed by atoms with van der Waals surface area (Å²) in [5.74, 6) is -0.532. The molecule has 0 radical (unpaired) electrons. The summed E-state index contributed by atoms with van der Waals surface area (Å²) >= 11 is 0. The van der Waals surface area contributed by atoms with Gasteiger partial charge < -0.3 is 10.1 Å². The third kappa shape index (κ3) is 4.77. The predicted molar refractivity (Wildman–Crippen MR) is 114 cm³/mol. The van der Waals surface area contributed by atoms with Crippen LogP contribution in [0.25, 0.3) is 0 Å². The number of hydrogen-bond acceptors (Lipinski definition) is 4. The Balaban J connectivity index is 1.94. The second-order valence-electron chi connectivity index (χ2n) is 6.53. The average Bonchev–Trinajstić information content (AvgIpc) is 2.74. The molecule has 0 saturated heterocycles. The number of carbonyl (C=O) groups is 1. The number of ether oxygens (including phenoxy) is 1. The molecule has 8 heteroatoms. The highest BCUT2D eigenvalue weighted by atomic mass is 32.2. The quantitative estimate of drug-likeness (QED) is 0.618. The Hall–Kier alpha value is -3.39. The summed E-state index contributed by atoms with van der Waals surface area (Å²) in [5.41, 5.74) is 1.60. The van der Waals surface area contributed by atoms with Crippen molar-refractivity contribution in [2.75, 3.05) is 23.3 Å². The van der Waals surface area contributed by atoms with Gasteiger partial charge in [0.2, 0.25) is 5.91 Å². The van der Waals surface area contributed by atoms with Crippen molar-refractivity contribution in [3.8, 4) is 5.75 Å². The minimum absolute atomic E-state index is 0.0173. The first-order chi connectivity index (χ1) is 14.3. The number of halogens is 1. The molecule has 6 nitrogen and oxygen atoms in total. The Labute approximate surface area is 175 Å². The van der Waals surface area contributed by atoms with Crippen LogP contribution in [0.3, 0.4) is 0 Å². The lowest BCUT2D eigenvalue weighted by molar-refractivity contribution is -0.114. The SMILES string of the molecule is COc1ccc(S(=O)(=O)N(CC(=O)Nc2ccccc2C)c2ccc(F)cc2)cc1. The number of methoxy groups -OCH3 is 1. The summed E-state index contributed by atoms with van der Waals surface area (Å²) in [5, 5.41) is 2.72. The number of carbonyl (C=O) groups excluding carboxylic acids is 1. The number of hydrogen-bond donors (Lipinski definition) is 1. The molecule has 3 aromatic carbocycles. The number of benzene rings is 3. The van der Waals surface area contributed by atoms with Crippen LogP contribution in [0.2, 0.25) is 0 Å². The number of rotatable bonds is 7. The highest BCUT2D eigenvalue weighted by molar-refractivity contribution is 7.92. The van der Waals surface area contributed by atoms with E-state index in [1.54, 1.807) is 12.1 Å². The molecule has 0 saturated carbocycles. The molecule has 1 amide bonds. The molecule has 0 aliphatic carbocycles. The molecule has 0 unspecified atom stereocenters. The second kappa shape index (κ2) is 8.96. The van der Waals surface area contributed by atoms with E-state index in [1.165, 1.54) is 43.5 Å². The van der Waals surface area contributed by atoms with Crippen molar-refractivity contribution in [1.82, 2.24) is 0 Å².